The maximum absolute atomic E-state index is 2.26. The lowest BCUT2D eigenvalue weighted by molar-refractivity contribution is -0.462. The Labute approximate surface area is 187 Å². The number of hydrogen-bond acceptors (Lipinski definition) is 2. The van der Waals surface area contributed by atoms with Crippen LogP contribution in [0.3, 0.4) is 0 Å². The van der Waals surface area contributed by atoms with E-state index in [1.807, 2.05) is 23.5 Å². The largest absolute Gasteiger partial charge is 0.235 e. The minimum Gasteiger partial charge on any atom is -0.235 e. The SMILES string of the molecule is C[N+](C)=C1C=CC(=C/C=C\C(=C2\SC=C(c3ccccc3)S2)c2ccccc2)C=C1. The number of hydrogen-bond donors (Lipinski definition) is 0. The van der Waals surface area contributed by atoms with Gasteiger partial charge in [0.15, 0.2) is 5.71 Å². The van der Waals surface area contributed by atoms with Gasteiger partial charge in [-0.2, -0.15) is 0 Å². The Bertz CT molecular complexity index is 1110. The molecular formula is C27H24NS2+. The molecule has 148 valence electrons. The van der Waals surface area contributed by atoms with E-state index in [0.29, 0.717) is 0 Å². The summed E-state index contributed by atoms with van der Waals surface area (Å²) < 4.78 is 3.43. The van der Waals surface area contributed by atoms with Crippen LogP contribution < -0.4 is 0 Å². The zero-order valence-corrected chi connectivity index (χ0v) is 18.8. The highest BCUT2D eigenvalue weighted by Gasteiger charge is 2.17. The fourth-order valence-electron chi connectivity index (χ4n) is 3.14. The number of rotatable bonds is 4. The third-order valence-electron chi connectivity index (χ3n) is 4.80. The molecule has 1 nitrogen and oxygen atoms in total. The molecule has 0 spiro atoms. The number of thioether (sulfide) groups is 2. The van der Waals surface area contributed by atoms with Crippen LogP contribution in [0.1, 0.15) is 11.1 Å². The molecule has 1 heterocycles. The van der Waals surface area contributed by atoms with E-state index in [1.165, 1.54) is 37.1 Å². The quantitative estimate of drug-likeness (QED) is 0.477. The van der Waals surface area contributed by atoms with Crippen LogP contribution in [-0.4, -0.2) is 24.4 Å². The minimum absolute atomic E-state index is 1.20. The van der Waals surface area contributed by atoms with Crippen LogP contribution in [-0.2, 0) is 0 Å². The molecule has 0 aromatic heterocycles. The molecule has 3 heteroatoms. The Morgan fingerprint density at radius 2 is 1.50 bits per heavy atom. The van der Waals surface area contributed by atoms with Crippen molar-refractivity contribution >= 4 is 39.7 Å². The summed E-state index contributed by atoms with van der Waals surface area (Å²) in [5.41, 5.74) is 6.18. The molecule has 2 aromatic carbocycles. The van der Waals surface area contributed by atoms with Gasteiger partial charge in [-0.1, -0.05) is 102 Å². The summed E-state index contributed by atoms with van der Waals surface area (Å²) in [5, 5.41) is 2.26. The van der Waals surface area contributed by atoms with Gasteiger partial charge < -0.3 is 0 Å². The fraction of sp³-hybridized carbons (Fsp3) is 0.0741. The Morgan fingerprint density at radius 1 is 0.833 bits per heavy atom. The molecule has 0 N–H and O–H groups in total. The van der Waals surface area contributed by atoms with Crippen LogP contribution in [0.25, 0.3) is 10.5 Å². The van der Waals surface area contributed by atoms with Crippen molar-refractivity contribution in [3.05, 3.63) is 130 Å². The molecule has 1 aliphatic heterocycles. The summed E-state index contributed by atoms with van der Waals surface area (Å²) in [4.78, 5) is 1.31. The zero-order chi connectivity index (χ0) is 20.8. The Morgan fingerprint density at radius 3 is 2.17 bits per heavy atom. The first-order valence-corrected chi connectivity index (χ1v) is 11.6. The van der Waals surface area contributed by atoms with Crippen molar-refractivity contribution in [2.24, 2.45) is 0 Å². The monoisotopic (exact) mass is 426 g/mol. The topological polar surface area (TPSA) is 3.01 Å². The molecular weight excluding hydrogens is 402 g/mol. The Balaban J connectivity index is 1.60. The Kier molecular flexibility index (Phi) is 6.73. The van der Waals surface area contributed by atoms with E-state index in [4.69, 9.17) is 0 Å². The van der Waals surface area contributed by atoms with Gasteiger partial charge in [0.2, 0.25) is 0 Å². The van der Waals surface area contributed by atoms with Crippen molar-refractivity contribution in [1.29, 1.82) is 0 Å². The molecule has 0 amide bonds. The molecule has 0 atom stereocenters. The summed E-state index contributed by atoms with van der Waals surface area (Å²) in [6.45, 7) is 0. The second-order valence-corrected chi connectivity index (χ2v) is 9.34. The van der Waals surface area contributed by atoms with Gasteiger partial charge in [-0.15, -0.1) is 0 Å². The maximum Gasteiger partial charge on any atom is 0.199 e. The average molecular weight is 427 g/mol. The van der Waals surface area contributed by atoms with Crippen molar-refractivity contribution in [3.63, 3.8) is 0 Å². The highest BCUT2D eigenvalue weighted by molar-refractivity contribution is 8.31. The van der Waals surface area contributed by atoms with E-state index in [-0.39, 0.29) is 0 Å². The Hall–Kier alpha value is -2.75. The molecule has 4 rings (SSSR count). The van der Waals surface area contributed by atoms with Crippen LogP contribution in [0.4, 0.5) is 0 Å². The van der Waals surface area contributed by atoms with Crippen LogP contribution in [0.5, 0.6) is 0 Å². The molecule has 0 fully saturated rings. The first-order chi connectivity index (χ1) is 14.7. The van der Waals surface area contributed by atoms with Crippen molar-refractivity contribution in [2.75, 3.05) is 14.1 Å². The van der Waals surface area contributed by atoms with Gasteiger partial charge in [0.1, 0.15) is 14.1 Å². The van der Waals surface area contributed by atoms with E-state index in [2.05, 4.69) is 127 Å². The summed E-state index contributed by atoms with van der Waals surface area (Å²) >= 11 is 3.66. The minimum atomic E-state index is 1.20. The lowest BCUT2D eigenvalue weighted by atomic mass is 10.1. The highest BCUT2D eigenvalue weighted by Crippen LogP contribution is 2.51. The summed E-state index contributed by atoms with van der Waals surface area (Å²) in [5.74, 6) is 0. The van der Waals surface area contributed by atoms with E-state index in [9.17, 15) is 0 Å². The molecule has 1 aliphatic carbocycles. The van der Waals surface area contributed by atoms with Crippen molar-refractivity contribution in [2.45, 2.75) is 0 Å². The van der Waals surface area contributed by atoms with E-state index < -0.39 is 0 Å². The predicted octanol–water partition coefficient (Wildman–Crippen LogP) is 7.16. The summed E-state index contributed by atoms with van der Waals surface area (Å²) in [7, 11) is 4.12. The van der Waals surface area contributed by atoms with Gasteiger partial charge in [0.05, 0.1) is 4.24 Å². The molecule has 2 aromatic rings. The fourth-order valence-corrected chi connectivity index (χ4v) is 5.50. The van der Waals surface area contributed by atoms with Gasteiger partial charge in [-0.3, -0.25) is 0 Å². The first kappa shape index (κ1) is 20.5. The number of nitrogens with zero attached hydrogens (tertiary/aromatic N) is 1. The summed E-state index contributed by atoms with van der Waals surface area (Å²) in [6.07, 6.45) is 15.2. The number of benzene rings is 2. The predicted molar refractivity (Wildman–Crippen MR) is 136 cm³/mol. The molecule has 0 radical (unpaired) electrons. The van der Waals surface area contributed by atoms with Gasteiger partial charge in [0.25, 0.3) is 0 Å². The normalized spacial score (nSPS) is 17.5. The van der Waals surface area contributed by atoms with E-state index in [0.717, 1.165) is 0 Å². The molecule has 0 unspecified atom stereocenters. The molecule has 2 aliphatic rings. The van der Waals surface area contributed by atoms with Crippen LogP contribution in [0.2, 0.25) is 0 Å². The summed E-state index contributed by atoms with van der Waals surface area (Å²) in [6, 6.07) is 21.2. The third-order valence-corrected chi connectivity index (χ3v) is 7.25. The zero-order valence-electron chi connectivity index (χ0n) is 17.2. The van der Waals surface area contributed by atoms with Gasteiger partial charge in [-0.25, -0.2) is 4.58 Å². The standard InChI is InChI=1S/C27H24NS2/c1-28(2)24-18-16-21(17-19-24)10-9-15-25(22-11-5-3-6-12-22)27-29-20-26(30-27)23-13-7-4-8-14-23/h3-20H,1-2H3/q+1/b15-9-,27-25+. The smallest absolute Gasteiger partial charge is 0.199 e. The first-order valence-electron chi connectivity index (χ1n) is 9.89. The van der Waals surface area contributed by atoms with Crippen molar-refractivity contribution < 1.29 is 4.58 Å². The second kappa shape index (κ2) is 9.84. The van der Waals surface area contributed by atoms with E-state index in [1.54, 1.807) is 0 Å². The molecule has 30 heavy (non-hydrogen) atoms. The highest BCUT2D eigenvalue weighted by atomic mass is 32.2. The van der Waals surface area contributed by atoms with Crippen molar-refractivity contribution in [1.82, 2.24) is 0 Å². The van der Waals surface area contributed by atoms with Gasteiger partial charge in [0, 0.05) is 22.6 Å². The van der Waals surface area contributed by atoms with Crippen LogP contribution in [0.15, 0.2) is 118 Å². The maximum atomic E-state index is 2.26. The lowest BCUT2D eigenvalue weighted by Gasteiger charge is -2.08. The molecule has 0 bridgehead atoms. The van der Waals surface area contributed by atoms with E-state index >= 15 is 0 Å². The van der Waals surface area contributed by atoms with Crippen LogP contribution >= 0.6 is 23.5 Å². The number of allylic oxidation sites excluding steroid dienone is 9. The molecule has 0 saturated heterocycles. The van der Waals surface area contributed by atoms with Gasteiger partial charge in [-0.05, 0) is 34.3 Å². The van der Waals surface area contributed by atoms with Gasteiger partial charge >= 0.3 is 0 Å². The second-order valence-electron chi connectivity index (χ2n) is 7.15. The lowest BCUT2D eigenvalue weighted by Crippen LogP contribution is -2.09. The van der Waals surface area contributed by atoms with Crippen LogP contribution in [0, 0.1) is 0 Å². The molecule has 0 saturated carbocycles. The third kappa shape index (κ3) is 5.05. The average Bonchev–Trinajstić information content (AvgIpc) is 3.28. The van der Waals surface area contributed by atoms with Crippen molar-refractivity contribution in [3.8, 4) is 0 Å².